The smallest absolute Gasteiger partial charge is 0.409 e. The van der Waals surface area contributed by atoms with E-state index < -0.39 is 17.9 Å². The van der Waals surface area contributed by atoms with Crippen molar-refractivity contribution in [2.24, 2.45) is 22.9 Å². The maximum atomic E-state index is 14.1. The molecule has 10 heteroatoms. The third kappa shape index (κ3) is 12.4. The number of aliphatic hydroxyl groups excluding tert-OH is 2. The summed E-state index contributed by atoms with van der Waals surface area (Å²) >= 11 is 0. The molecule has 0 spiro atoms. The Balaban J connectivity index is 1.53. The van der Waals surface area contributed by atoms with Gasteiger partial charge in [0.1, 0.15) is 29.9 Å². The SMILES string of the molecule is C=CCOC12Oc3ccc(Oc4ccc(C)c(C)c4)cc3C3C(CCCCO)C(CCCCO)C=C(C(=NOCC)CC1N(C)C(=O)OCCCCCCCCCCCC)C32. The molecule has 10 nitrogen and oxygen atoms in total. The molecular formula is C51H76N2O8. The number of ether oxygens (including phenoxy) is 4. The van der Waals surface area contributed by atoms with Crippen LogP contribution in [0.1, 0.15) is 146 Å². The number of carbonyl (C=O) groups excluding carboxylic acids is 1. The van der Waals surface area contributed by atoms with Gasteiger partial charge in [-0.2, -0.15) is 0 Å². The number of amides is 1. The lowest BCUT2D eigenvalue weighted by atomic mass is 9.55. The van der Waals surface area contributed by atoms with E-state index in [1.54, 1.807) is 18.0 Å². The highest BCUT2D eigenvalue weighted by atomic mass is 16.7. The number of allylic oxidation sites excluding steroid dienone is 1. The van der Waals surface area contributed by atoms with Crippen molar-refractivity contribution in [2.45, 2.75) is 155 Å². The Hall–Kier alpha value is -3.86. The molecule has 2 N–H and O–H groups in total. The van der Waals surface area contributed by atoms with Gasteiger partial charge in [-0.15, -0.1) is 6.58 Å². The molecule has 2 aliphatic carbocycles. The Bertz CT molecular complexity index is 1740. The molecule has 2 aromatic carbocycles. The van der Waals surface area contributed by atoms with Gasteiger partial charge in [0.15, 0.2) is 0 Å². The van der Waals surface area contributed by atoms with E-state index >= 15 is 0 Å². The van der Waals surface area contributed by atoms with Crippen molar-refractivity contribution in [3.05, 3.63) is 77.4 Å². The molecule has 1 heterocycles. The van der Waals surface area contributed by atoms with Crippen LogP contribution in [0, 0.1) is 31.6 Å². The molecule has 338 valence electrons. The Morgan fingerprint density at radius 2 is 1.56 bits per heavy atom. The van der Waals surface area contributed by atoms with Gasteiger partial charge in [0.25, 0.3) is 0 Å². The van der Waals surface area contributed by atoms with Crippen molar-refractivity contribution in [1.82, 2.24) is 4.90 Å². The molecule has 1 saturated carbocycles. The number of hydrogen-bond acceptors (Lipinski definition) is 9. The summed E-state index contributed by atoms with van der Waals surface area (Å²) in [6.45, 7) is 13.6. The van der Waals surface area contributed by atoms with E-state index in [2.05, 4.69) is 51.6 Å². The summed E-state index contributed by atoms with van der Waals surface area (Å²) in [6.07, 6.45) is 20.8. The minimum atomic E-state index is -1.32. The third-order valence-electron chi connectivity index (χ3n) is 13.1. The molecule has 0 bridgehead atoms. The fourth-order valence-electron chi connectivity index (χ4n) is 9.83. The van der Waals surface area contributed by atoms with Crippen molar-refractivity contribution in [2.75, 3.05) is 40.1 Å². The Kier molecular flexibility index (Phi) is 19.5. The van der Waals surface area contributed by atoms with Gasteiger partial charge in [0.05, 0.1) is 24.8 Å². The lowest BCUT2D eigenvalue weighted by molar-refractivity contribution is -0.253. The zero-order valence-electron chi connectivity index (χ0n) is 38.0. The van der Waals surface area contributed by atoms with Gasteiger partial charge in [-0.1, -0.05) is 101 Å². The van der Waals surface area contributed by atoms with Crippen LogP contribution in [0.15, 0.2) is 65.9 Å². The molecular weight excluding hydrogens is 769 g/mol. The molecule has 0 saturated heterocycles. The molecule has 1 aliphatic heterocycles. The highest BCUT2D eigenvalue weighted by molar-refractivity contribution is 6.02. The lowest BCUT2D eigenvalue weighted by Gasteiger charge is -2.59. The van der Waals surface area contributed by atoms with E-state index in [0.29, 0.717) is 44.0 Å². The molecule has 6 atom stereocenters. The summed E-state index contributed by atoms with van der Waals surface area (Å²) in [5.41, 5.74) is 5.14. The predicted molar refractivity (Wildman–Crippen MR) is 244 cm³/mol. The number of rotatable bonds is 27. The maximum Gasteiger partial charge on any atom is 0.409 e. The normalized spacial score (nSPS) is 23.4. The molecule has 61 heavy (non-hydrogen) atoms. The van der Waals surface area contributed by atoms with E-state index in [1.165, 1.54) is 50.5 Å². The number of likely N-dealkylation sites (N-methyl/N-ethyl adjacent to an activating group) is 1. The second-order valence-electron chi connectivity index (χ2n) is 17.4. The van der Waals surface area contributed by atoms with E-state index in [9.17, 15) is 15.0 Å². The molecule has 3 aliphatic rings. The number of nitrogens with zero attached hydrogens (tertiary/aromatic N) is 2. The summed E-state index contributed by atoms with van der Waals surface area (Å²) in [5, 5.41) is 24.5. The van der Waals surface area contributed by atoms with E-state index in [1.807, 2.05) is 25.1 Å². The van der Waals surface area contributed by atoms with Crippen LogP contribution in [0.5, 0.6) is 17.2 Å². The van der Waals surface area contributed by atoms with Gasteiger partial charge in [0.2, 0.25) is 5.79 Å². The average molecular weight is 845 g/mol. The van der Waals surface area contributed by atoms with Crippen molar-refractivity contribution in [3.8, 4) is 17.2 Å². The van der Waals surface area contributed by atoms with E-state index in [0.717, 1.165) is 73.1 Å². The van der Waals surface area contributed by atoms with Crippen LogP contribution < -0.4 is 9.47 Å². The molecule has 1 amide bonds. The van der Waals surface area contributed by atoms with Crippen LogP contribution >= 0.6 is 0 Å². The first kappa shape index (κ1) is 48.2. The van der Waals surface area contributed by atoms with Crippen molar-refractivity contribution in [1.29, 1.82) is 0 Å². The fourth-order valence-corrected chi connectivity index (χ4v) is 9.83. The Morgan fingerprint density at radius 3 is 2.23 bits per heavy atom. The standard InChI is InChI=1S/C51H76N2O8/c1-7-10-11-12-13-14-15-16-17-22-32-57-50(56)53(6)47-36-45(52-59-9-3)43-34-39(23-18-20-29-54)42(24-19-21-30-55)48-44-35-41(60-40-26-25-37(4)38(5)33-40)27-28-46(44)61-51(47,49(43)48)58-31-8-2/h8,25-28,33-35,39,42,47-49,54-55H,2,7,9-24,29-32,36H2,1,3-6H3. The summed E-state index contributed by atoms with van der Waals surface area (Å²) in [5.74, 6) is 0.552. The van der Waals surface area contributed by atoms with Crippen LogP contribution in [0.3, 0.4) is 0 Å². The maximum absolute atomic E-state index is 14.1. The first-order chi connectivity index (χ1) is 29.7. The van der Waals surface area contributed by atoms with Crippen LogP contribution in [0.25, 0.3) is 0 Å². The second kappa shape index (κ2) is 24.7. The summed E-state index contributed by atoms with van der Waals surface area (Å²) in [7, 11) is 1.78. The number of oxime groups is 1. The zero-order chi connectivity index (χ0) is 43.6. The third-order valence-corrected chi connectivity index (χ3v) is 13.1. The number of hydrogen-bond donors (Lipinski definition) is 2. The predicted octanol–water partition coefficient (Wildman–Crippen LogP) is 11.7. The van der Waals surface area contributed by atoms with Gasteiger partial charge >= 0.3 is 6.09 Å². The van der Waals surface area contributed by atoms with Gasteiger partial charge in [0, 0.05) is 38.2 Å². The molecule has 6 unspecified atom stereocenters. The summed E-state index contributed by atoms with van der Waals surface area (Å²) in [4.78, 5) is 21.6. The molecule has 0 aromatic heterocycles. The lowest BCUT2D eigenvalue weighted by Crippen LogP contribution is -2.69. The zero-order valence-corrected chi connectivity index (χ0v) is 38.0. The average Bonchev–Trinajstić information content (AvgIpc) is 3.26. The van der Waals surface area contributed by atoms with Crippen molar-refractivity contribution in [3.63, 3.8) is 0 Å². The topological polar surface area (TPSA) is 119 Å². The minimum Gasteiger partial charge on any atom is -0.459 e. The van der Waals surface area contributed by atoms with Crippen molar-refractivity contribution >= 4 is 11.8 Å². The van der Waals surface area contributed by atoms with Gasteiger partial charge < -0.3 is 38.9 Å². The van der Waals surface area contributed by atoms with Crippen molar-refractivity contribution < 1.29 is 38.8 Å². The van der Waals surface area contributed by atoms with E-state index in [-0.39, 0.29) is 43.5 Å². The molecule has 0 radical (unpaired) electrons. The fraction of sp³-hybridized carbons (Fsp3) is 0.647. The first-order valence-electron chi connectivity index (χ1n) is 23.6. The van der Waals surface area contributed by atoms with Crippen LogP contribution in [-0.4, -0.2) is 78.8 Å². The van der Waals surface area contributed by atoms with Gasteiger partial charge in [-0.05, 0) is 112 Å². The minimum absolute atomic E-state index is 0.117. The first-order valence-corrected chi connectivity index (χ1v) is 23.6. The molecule has 2 aromatic rings. The van der Waals surface area contributed by atoms with Crippen LogP contribution in [-0.2, 0) is 14.3 Å². The van der Waals surface area contributed by atoms with Gasteiger partial charge in [-0.3, -0.25) is 0 Å². The highest BCUT2D eigenvalue weighted by Gasteiger charge is 2.65. The van der Waals surface area contributed by atoms with Gasteiger partial charge in [-0.25, -0.2) is 4.79 Å². The number of unbranched alkanes of at least 4 members (excludes halogenated alkanes) is 11. The highest BCUT2D eigenvalue weighted by Crippen LogP contribution is 2.62. The molecule has 1 fully saturated rings. The number of carbonyl (C=O) groups is 1. The van der Waals surface area contributed by atoms with E-state index in [4.69, 9.17) is 28.9 Å². The number of fused-ring (bicyclic) bond motifs is 2. The number of aryl methyl sites for hydroxylation is 2. The Labute approximate surface area is 366 Å². The largest absolute Gasteiger partial charge is 0.459 e. The van der Waals surface area contributed by atoms with Crippen LogP contribution in [0.2, 0.25) is 0 Å². The summed E-state index contributed by atoms with van der Waals surface area (Å²) in [6, 6.07) is 11.5. The second-order valence-corrected chi connectivity index (χ2v) is 17.4. The van der Waals surface area contributed by atoms with Crippen LogP contribution in [0.4, 0.5) is 4.79 Å². The monoisotopic (exact) mass is 845 g/mol. The summed E-state index contributed by atoms with van der Waals surface area (Å²) < 4.78 is 26.8. The number of benzene rings is 2. The number of aliphatic hydroxyl groups is 2. The molecule has 5 rings (SSSR count). The Morgan fingerprint density at radius 1 is 0.885 bits per heavy atom. The quantitative estimate of drug-likeness (QED) is 0.0518.